The molecule has 3 nitrogen and oxygen atoms in total. The predicted octanol–water partition coefficient (Wildman–Crippen LogP) is 2.72. The lowest BCUT2D eigenvalue weighted by molar-refractivity contribution is 0.0496. The van der Waals surface area contributed by atoms with Crippen LogP contribution in [0.2, 0.25) is 0 Å². The van der Waals surface area contributed by atoms with Crippen LogP contribution in [0, 0.1) is 22.7 Å². The molecular weight excluding hydrogens is 212 g/mol. The van der Waals surface area contributed by atoms with Gasteiger partial charge in [-0.25, -0.2) is 0 Å². The average Bonchev–Trinajstić information content (AvgIpc) is 2.43. The van der Waals surface area contributed by atoms with Crippen LogP contribution in [0.25, 0.3) is 0 Å². The first kappa shape index (κ1) is 14.5. The topological polar surface area (TPSA) is 45.0 Å². The fourth-order valence-electron chi connectivity index (χ4n) is 2.77. The molecule has 0 aromatic heterocycles. The minimum atomic E-state index is -0.0345. The van der Waals surface area contributed by atoms with E-state index in [2.05, 4.69) is 11.4 Å². The Labute approximate surface area is 106 Å². The Balaban J connectivity index is 0.000000686. The van der Waals surface area contributed by atoms with Crippen molar-refractivity contribution in [2.24, 2.45) is 11.3 Å². The number of nitrogens with zero attached hydrogens (tertiary/aromatic N) is 1. The largest absolute Gasteiger partial charge is 0.381 e. The highest BCUT2D eigenvalue weighted by molar-refractivity contribution is 5.02. The molecule has 0 bridgehead atoms. The molecule has 0 saturated carbocycles. The summed E-state index contributed by atoms with van der Waals surface area (Å²) < 4.78 is 5.36. The monoisotopic (exact) mass is 238 g/mol. The van der Waals surface area contributed by atoms with Gasteiger partial charge in [-0.3, -0.25) is 0 Å². The molecule has 2 fully saturated rings. The summed E-state index contributed by atoms with van der Waals surface area (Å²) in [7, 11) is 0. The van der Waals surface area contributed by atoms with Gasteiger partial charge < -0.3 is 10.1 Å². The van der Waals surface area contributed by atoms with Crippen LogP contribution < -0.4 is 5.32 Å². The third-order valence-corrected chi connectivity index (χ3v) is 3.82. The Hall–Kier alpha value is -0.590. The van der Waals surface area contributed by atoms with Crippen LogP contribution in [0.15, 0.2) is 0 Å². The maximum Gasteiger partial charge on any atom is 0.0690 e. The molecule has 17 heavy (non-hydrogen) atoms. The van der Waals surface area contributed by atoms with Crippen molar-refractivity contribution in [3.63, 3.8) is 0 Å². The second kappa shape index (κ2) is 7.68. The van der Waals surface area contributed by atoms with Crippen LogP contribution in [0.4, 0.5) is 0 Å². The van der Waals surface area contributed by atoms with Crippen molar-refractivity contribution in [1.82, 2.24) is 5.32 Å². The first-order valence-corrected chi connectivity index (χ1v) is 7.04. The lowest BCUT2D eigenvalue weighted by Gasteiger charge is -2.35. The van der Waals surface area contributed by atoms with Gasteiger partial charge in [0.15, 0.2) is 0 Å². The van der Waals surface area contributed by atoms with Crippen LogP contribution in [0.3, 0.4) is 0 Å². The van der Waals surface area contributed by atoms with Gasteiger partial charge in [-0.1, -0.05) is 13.8 Å². The second-order valence-corrected chi connectivity index (χ2v) is 4.90. The molecule has 2 heterocycles. The fourth-order valence-corrected chi connectivity index (χ4v) is 2.77. The summed E-state index contributed by atoms with van der Waals surface area (Å²) >= 11 is 0. The number of hydrogen-bond donors (Lipinski definition) is 1. The summed E-state index contributed by atoms with van der Waals surface area (Å²) in [5, 5.41) is 12.7. The molecule has 0 aliphatic carbocycles. The highest BCUT2D eigenvalue weighted by atomic mass is 16.5. The molecule has 0 radical (unpaired) electrons. The van der Waals surface area contributed by atoms with E-state index in [9.17, 15) is 5.26 Å². The molecule has 0 amide bonds. The highest BCUT2D eigenvalue weighted by Gasteiger charge is 2.34. The minimum absolute atomic E-state index is 0.0345. The summed E-state index contributed by atoms with van der Waals surface area (Å²) in [4.78, 5) is 0. The number of ether oxygens (including phenoxy) is 1. The fraction of sp³-hybridized carbons (Fsp3) is 0.929. The zero-order valence-electron chi connectivity index (χ0n) is 11.3. The van der Waals surface area contributed by atoms with Gasteiger partial charge in [0.2, 0.25) is 0 Å². The van der Waals surface area contributed by atoms with Crippen molar-refractivity contribution in [3.05, 3.63) is 0 Å². The zero-order valence-corrected chi connectivity index (χ0v) is 11.3. The molecule has 2 rings (SSSR count). The van der Waals surface area contributed by atoms with E-state index in [1.165, 1.54) is 0 Å². The molecule has 0 spiro atoms. The Kier molecular flexibility index (Phi) is 6.54. The number of hydrogen-bond acceptors (Lipinski definition) is 3. The molecular formula is C14H26N2O. The Bertz CT molecular complexity index is 235. The van der Waals surface area contributed by atoms with Gasteiger partial charge >= 0.3 is 0 Å². The predicted molar refractivity (Wildman–Crippen MR) is 69.7 cm³/mol. The van der Waals surface area contributed by atoms with E-state index in [0.717, 1.165) is 64.3 Å². The normalized spacial score (nSPS) is 24.3. The van der Waals surface area contributed by atoms with E-state index in [1.54, 1.807) is 0 Å². The smallest absolute Gasteiger partial charge is 0.0690 e. The molecule has 1 N–H and O–H groups in total. The Morgan fingerprint density at radius 3 is 2.35 bits per heavy atom. The van der Waals surface area contributed by atoms with Gasteiger partial charge in [-0.05, 0) is 51.1 Å². The van der Waals surface area contributed by atoms with Crippen molar-refractivity contribution in [3.8, 4) is 6.07 Å². The van der Waals surface area contributed by atoms with Gasteiger partial charge in [0.05, 0.1) is 11.5 Å². The maximum absolute atomic E-state index is 9.36. The van der Waals surface area contributed by atoms with E-state index >= 15 is 0 Å². The maximum atomic E-state index is 9.36. The van der Waals surface area contributed by atoms with Crippen molar-refractivity contribution in [2.75, 3.05) is 26.3 Å². The average molecular weight is 238 g/mol. The summed E-state index contributed by atoms with van der Waals surface area (Å²) in [6.07, 6.45) is 5.45. The molecule has 0 aromatic rings. The molecule has 0 unspecified atom stereocenters. The molecule has 0 atom stereocenters. The molecule has 2 saturated heterocycles. The van der Waals surface area contributed by atoms with Gasteiger partial charge in [0, 0.05) is 13.2 Å². The number of nitriles is 1. The lowest BCUT2D eigenvalue weighted by atomic mass is 9.72. The second-order valence-electron chi connectivity index (χ2n) is 4.90. The van der Waals surface area contributed by atoms with Crippen LogP contribution in [0.5, 0.6) is 0 Å². The standard InChI is InChI=1S/C12H20N2O.C2H6/c13-10-12(3-5-14-6-4-12)9-11-1-7-15-8-2-11;1-2/h11,14H,1-9H2;1-2H3. The van der Waals surface area contributed by atoms with E-state index in [0.29, 0.717) is 0 Å². The van der Waals surface area contributed by atoms with E-state index in [4.69, 9.17) is 4.74 Å². The number of rotatable bonds is 2. The molecule has 3 heteroatoms. The minimum Gasteiger partial charge on any atom is -0.381 e. The molecule has 2 aliphatic rings. The van der Waals surface area contributed by atoms with Crippen LogP contribution >= 0.6 is 0 Å². The van der Waals surface area contributed by atoms with Gasteiger partial charge in [0.25, 0.3) is 0 Å². The first-order chi connectivity index (χ1) is 8.35. The quantitative estimate of drug-likeness (QED) is 0.804. The van der Waals surface area contributed by atoms with Crippen LogP contribution in [-0.4, -0.2) is 26.3 Å². The summed E-state index contributed by atoms with van der Waals surface area (Å²) in [5.41, 5.74) is -0.0345. The van der Waals surface area contributed by atoms with Gasteiger partial charge in [-0.2, -0.15) is 5.26 Å². The summed E-state index contributed by atoms with van der Waals surface area (Å²) in [6, 6.07) is 2.58. The lowest BCUT2D eigenvalue weighted by Crippen LogP contribution is -2.37. The van der Waals surface area contributed by atoms with Crippen molar-refractivity contribution in [1.29, 1.82) is 5.26 Å². The zero-order chi connectivity index (χ0) is 12.6. The van der Waals surface area contributed by atoms with Gasteiger partial charge in [-0.15, -0.1) is 0 Å². The van der Waals surface area contributed by atoms with Crippen LogP contribution in [0.1, 0.15) is 46.0 Å². The van der Waals surface area contributed by atoms with Crippen molar-refractivity contribution >= 4 is 0 Å². The van der Waals surface area contributed by atoms with E-state index < -0.39 is 0 Å². The summed E-state index contributed by atoms with van der Waals surface area (Å²) in [5.74, 6) is 0.719. The molecule has 2 aliphatic heterocycles. The van der Waals surface area contributed by atoms with E-state index in [1.807, 2.05) is 13.8 Å². The summed E-state index contributed by atoms with van der Waals surface area (Å²) in [6.45, 7) is 7.81. The molecule has 0 aromatic carbocycles. The molecule has 98 valence electrons. The van der Waals surface area contributed by atoms with Crippen molar-refractivity contribution in [2.45, 2.75) is 46.0 Å². The number of piperidine rings is 1. The van der Waals surface area contributed by atoms with Gasteiger partial charge in [0.1, 0.15) is 0 Å². The van der Waals surface area contributed by atoms with Crippen molar-refractivity contribution < 1.29 is 4.74 Å². The first-order valence-electron chi connectivity index (χ1n) is 7.04. The number of nitrogens with one attached hydrogen (secondary N) is 1. The highest BCUT2D eigenvalue weighted by Crippen LogP contribution is 2.37. The van der Waals surface area contributed by atoms with E-state index in [-0.39, 0.29) is 5.41 Å². The SMILES string of the molecule is CC.N#CC1(CC2CCOCC2)CCNCC1. The van der Waals surface area contributed by atoms with Crippen LogP contribution in [-0.2, 0) is 4.74 Å². The third kappa shape index (κ3) is 4.29. The third-order valence-electron chi connectivity index (χ3n) is 3.82. The Morgan fingerprint density at radius 1 is 1.24 bits per heavy atom. The Morgan fingerprint density at radius 2 is 1.82 bits per heavy atom.